The second-order valence-electron chi connectivity index (χ2n) is 4.02. The summed E-state index contributed by atoms with van der Waals surface area (Å²) in [6.45, 7) is 1.45. The van der Waals surface area contributed by atoms with Gasteiger partial charge in [0.05, 0.1) is 11.3 Å². The van der Waals surface area contributed by atoms with Crippen molar-refractivity contribution in [1.82, 2.24) is 4.98 Å². The number of thiazole rings is 1. The fraction of sp³-hybridized carbons (Fsp3) is 0.0909. The van der Waals surface area contributed by atoms with Crippen LogP contribution < -0.4 is 10.5 Å². The lowest BCUT2D eigenvalue weighted by molar-refractivity contribution is 0.102. The third kappa shape index (κ3) is 3.64. The van der Waals surface area contributed by atoms with E-state index in [9.17, 15) is 17.6 Å². The number of primary sulfonamides is 1. The topological polar surface area (TPSA) is 102 Å². The van der Waals surface area contributed by atoms with Gasteiger partial charge in [-0.05, 0) is 25.1 Å². The van der Waals surface area contributed by atoms with Gasteiger partial charge in [0.25, 0.3) is 5.91 Å². The van der Waals surface area contributed by atoms with Crippen molar-refractivity contribution in [2.45, 2.75) is 11.1 Å². The number of benzene rings is 1. The molecule has 3 N–H and O–H groups in total. The zero-order chi connectivity index (χ0) is 15.8. The second kappa shape index (κ2) is 5.79. The molecule has 0 aliphatic heterocycles. The Morgan fingerprint density at radius 2 is 2.14 bits per heavy atom. The van der Waals surface area contributed by atoms with Gasteiger partial charge in [-0.3, -0.25) is 10.1 Å². The van der Waals surface area contributed by atoms with Gasteiger partial charge in [0.1, 0.15) is 5.82 Å². The van der Waals surface area contributed by atoms with Crippen molar-refractivity contribution >= 4 is 48.3 Å². The molecule has 10 heteroatoms. The highest BCUT2D eigenvalue weighted by atomic mass is 79.9. The normalized spacial score (nSPS) is 11.4. The fourth-order valence-electron chi connectivity index (χ4n) is 1.54. The van der Waals surface area contributed by atoms with Crippen LogP contribution in [-0.2, 0) is 10.0 Å². The van der Waals surface area contributed by atoms with Crippen LogP contribution in [0.3, 0.4) is 0 Å². The van der Waals surface area contributed by atoms with Crippen LogP contribution in [-0.4, -0.2) is 19.3 Å². The Kier molecular flexibility index (Phi) is 4.42. The molecule has 0 aliphatic rings. The van der Waals surface area contributed by atoms with Gasteiger partial charge in [0.15, 0.2) is 9.34 Å². The number of anilines is 1. The predicted molar refractivity (Wildman–Crippen MR) is 80.3 cm³/mol. The number of hydrogen-bond acceptors (Lipinski definition) is 5. The lowest BCUT2D eigenvalue weighted by Crippen LogP contribution is -2.13. The first-order chi connectivity index (χ1) is 9.68. The zero-order valence-corrected chi connectivity index (χ0v) is 13.8. The molecule has 21 heavy (non-hydrogen) atoms. The Bertz CT molecular complexity index is 820. The number of nitrogens with two attached hydrogens (primary N) is 1. The maximum absolute atomic E-state index is 13.7. The number of aryl methyl sites for hydroxylation is 1. The number of rotatable bonds is 3. The number of amides is 1. The molecule has 0 saturated heterocycles. The molecule has 0 unspecified atom stereocenters. The standard InChI is InChI=1S/C11H9BrFN3O3S2/c1-5-10(21(14,18)19)20-11(15-5)16-9(17)7-3-2-6(12)4-8(7)13/h2-4H,1H3,(H2,14,18,19)(H,15,16,17). The monoisotopic (exact) mass is 393 g/mol. The number of carbonyl (C=O) groups excluding carboxylic acids is 1. The van der Waals surface area contributed by atoms with Crippen LogP contribution >= 0.6 is 27.3 Å². The van der Waals surface area contributed by atoms with Gasteiger partial charge < -0.3 is 0 Å². The van der Waals surface area contributed by atoms with Crippen LogP contribution in [0.25, 0.3) is 0 Å². The summed E-state index contributed by atoms with van der Waals surface area (Å²) >= 11 is 3.80. The third-order valence-corrected chi connectivity index (χ3v) is 5.53. The maximum Gasteiger partial charge on any atom is 0.260 e. The average molecular weight is 394 g/mol. The molecule has 0 fully saturated rings. The van der Waals surface area contributed by atoms with Gasteiger partial charge in [0, 0.05) is 4.47 Å². The van der Waals surface area contributed by atoms with Crippen LogP contribution in [0.15, 0.2) is 26.9 Å². The predicted octanol–water partition coefficient (Wildman–Crippen LogP) is 2.25. The molecule has 2 rings (SSSR count). The van der Waals surface area contributed by atoms with Crippen molar-refractivity contribution in [3.8, 4) is 0 Å². The zero-order valence-electron chi connectivity index (χ0n) is 10.6. The number of nitrogens with zero attached hydrogens (tertiary/aromatic N) is 1. The van der Waals surface area contributed by atoms with Crippen LogP contribution in [0.2, 0.25) is 0 Å². The van der Waals surface area contributed by atoms with Gasteiger partial charge in [-0.15, -0.1) is 0 Å². The summed E-state index contributed by atoms with van der Waals surface area (Å²) in [5, 5.41) is 7.39. The highest BCUT2D eigenvalue weighted by molar-refractivity contribution is 9.10. The average Bonchev–Trinajstić information content (AvgIpc) is 2.69. The Balaban J connectivity index is 2.28. The molecule has 0 atom stereocenters. The lowest BCUT2D eigenvalue weighted by Gasteiger charge is -2.03. The van der Waals surface area contributed by atoms with E-state index in [4.69, 9.17) is 5.14 Å². The second-order valence-corrected chi connectivity index (χ2v) is 7.69. The van der Waals surface area contributed by atoms with Crippen molar-refractivity contribution in [2.24, 2.45) is 5.14 Å². The largest absolute Gasteiger partial charge is 0.298 e. The number of aromatic nitrogens is 1. The summed E-state index contributed by atoms with van der Waals surface area (Å²) in [5.41, 5.74) is -0.00251. The minimum absolute atomic E-state index is 0.0313. The molecule has 1 aromatic heterocycles. The molecule has 112 valence electrons. The smallest absolute Gasteiger partial charge is 0.260 e. The van der Waals surface area contributed by atoms with Gasteiger partial charge >= 0.3 is 0 Å². The molecular formula is C11H9BrFN3O3S2. The van der Waals surface area contributed by atoms with E-state index < -0.39 is 21.7 Å². The molecule has 0 bridgehead atoms. The molecule has 6 nitrogen and oxygen atoms in total. The fourth-order valence-corrected chi connectivity index (χ4v) is 3.73. The third-order valence-electron chi connectivity index (χ3n) is 2.41. The highest BCUT2D eigenvalue weighted by Crippen LogP contribution is 2.26. The van der Waals surface area contributed by atoms with E-state index in [1.807, 2.05) is 0 Å². The highest BCUT2D eigenvalue weighted by Gasteiger charge is 2.20. The number of nitrogens with one attached hydrogen (secondary N) is 1. The Morgan fingerprint density at radius 1 is 1.48 bits per heavy atom. The quantitative estimate of drug-likeness (QED) is 0.834. The van der Waals surface area contributed by atoms with E-state index in [1.165, 1.54) is 19.1 Å². The number of halogens is 2. The molecule has 0 radical (unpaired) electrons. The molecular weight excluding hydrogens is 385 g/mol. The van der Waals surface area contributed by atoms with Crippen LogP contribution in [0.4, 0.5) is 9.52 Å². The van der Waals surface area contributed by atoms with Crippen molar-refractivity contribution in [3.63, 3.8) is 0 Å². The molecule has 0 aliphatic carbocycles. The van der Waals surface area contributed by atoms with Crippen LogP contribution in [0.1, 0.15) is 16.1 Å². The van der Waals surface area contributed by atoms with E-state index >= 15 is 0 Å². The Morgan fingerprint density at radius 3 is 2.67 bits per heavy atom. The lowest BCUT2D eigenvalue weighted by atomic mass is 10.2. The van der Waals surface area contributed by atoms with Crippen molar-refractivity contribution in [3.05, 3.63) is 39.7 Å². The van der Waals surface area contributed by atoms with Crippen LogP contribution in [0.5, 0.6) is 0 Å². The summed E-state index contributed by atoms with van der Waals surface area (Å²) < 4.78 is 36.6. The molecule has 0 saturated carbocycles. The van der Waals surface area contributed by atoms with E-state index in [0.717, 1.165) is 6.07 Å². The summed E-state index contributed by atoms with van der Waals surface area (Å²) in [4.78, 5) is 15.8. The summed E-state index contributed by atoms with van der Waals surface area (Å²) in [5.74, 6) is -1.43. The van der Waals surface area contributed by atoms with E-state index in [0.29, 0.717) is 15.8 Å². The molecule has 1 heterocycles. The Labute approximate surface area is 132 Å². The first-order valence-corrected chi connectivity index (χ1v) is 8.60. The van der Waals surface area contributed by atoms with Gasteiger partial charge in [-0.2, -0.15) is 0 Å². The van der Waals surface area contributed by atoms with Gasteiger partial charge in [0.2, 0.25) is 10.0 Å². The summed E-state index contributed by atoms with van der Waals surface area (Å²) in [7, 11) is -3.90. The molecule has 0 spiro atoms. The number of sulfonamides is 1. The van der Waals surface area contributed by atoms with Crippen LogP contribution in [0, 0.1) is 12.7 Å². The number of hydrogen-bond donors (Lipinski definition) is 2. The first-order valence-electron chi connectivity index (χ1n) is 5.45. The van der Waals surface area contributed by atoms with E-state index in [-0.39, 0.29) is 20.6 Å². The molecule has 1 amide bonds. The van der Waals surface area contributed by atoms with E-state index in [2.05, 4.69) is 26.2 Å². The summed E-state index contributed by atoms with van der Waals surface area (Å²) in [6.07, 6.45) is 0. The summed E-state index contributed by atoms with van der Waals surface area (Å²) in [6, 6.07) is 3.97. The SMILES string of the molecule is Cc1nc(NC(=O)c2ccc(Br)cc2F)sc1S(N)(=O)=O. The maximum atomic E-state index is 13.7. The van der Waals surface area contributed by atoms with Crippen molar-refractivity contribution in [1.29, 1.82) is 0 Å². The van der Waals surface area contributed by atoms with E-state index in [1.54, 1.807) is 0 Å². The van der Waals surface area contributed by atoms with Gasteiger partial charge in [-0.1, -0.05) is 27.3 Å². The molecule has 2 aromatic rings. The Hall–Kier alpha value is -1.36. The minimum atomic E-state index is -3.90. The van der Waals surface area contributed by atoms with Crippen molar-refractivity contribution < 1.29 is 17.6 Å². The molecule has 1 aromatic carbocycles. The van der Waals surface area contributed by atoms with Crippen molar-refractivity contribution in [2.75, 3.05) is 5.32 Å². The minimum Gasteiger partial charge on any atom is -0.298 e. The number of carbonyl (C=O) groups is 1. The first kappa shape index (κ1) is 16.0. The van der Waals surface area contributed by atoms with Gasteiger partial charge in [-0.25, -0.2) is 22.9 Å².